The van der Waals surface area contributed by atoms with E-state index in [0.717, 1.165) is 25.9 Å². The summed E-state index contributed by atoms with van der Waals surface area (Å²) < 4.78 is 0. The van der Waals surface area contributed by atoms with Gasteiger partial charge in [-0.05, 0) is 18.9 Å². The highest BCUT2D eigenvalue weighted by atomic mass is 32.1. The van der Waals surface area contributed by atoms with Gasteiger partial charge in [0.15, 0.2) is 0 Å². The van der Waals surface area contributed by atoms with Crippen molar-refractivity contribution in [1.82, 2.24) is 10.3 Å². The zero-order valence-corrected chi connectivity index (χ0v) is 8.26. The molecule has 4 heteroatoms. The highest BCUT2D eigenvalue weighted by molar-refractivity contribution is 7.09. The molecule has 0 spiro atoms. The lowest BCUT2D eigenvalue weighted by Crippen LogP contribution is -2.24. The van der Waals surface area contributed by atoms with Crippen LogP contribution in [0, 0.1) is 5.92 Å². The maximum absolute atomic E-state index is 9.86. The molecule has 0 aliphatic carbocycles. The van der Waals surface area contributed by atoms with E-state index in [1.807, 2.05) is 11.7 Å². The molecule has 1 fully saturated rings. The fraction of sp³-hybridized carbons (Fsp3) is 0.667. The number of nitrogens with one attached hydrogen (secondary N) is 1. The van der Waals surface area contributed by atoms with E-state index in [2.05, 4.69) is 10.3 Å². The first-order valence-corrected chi connectivity index (χ1v) is 5.50. The van der Waals surface area contributed by atoms with Crippen LogP contribution in [-0.2, 0) is 6.42 Å². The zero-order valence-electron chi connectivity index (χ0n) is 7.44. The van der Waals surface area contributed by atoms with Gasteiger partial charge in [-0.1, -0.05) is 0 Å². The second-order valence-corrected chi connectivity index (χ2v) is 4.46. The average molecular weight is 198 g/mol. The molecule has 2 heterocycles. The third-order valence-corrected chi connectivity index (χ3v) is 3.34. The van der Waals surface area contributed by atoms with Crippen LogP contribution < -0.4 is 5.32 Å². The standard InChI is InChI=1S/C9H14N2OS/c12-9(7-1-2-10-4-7)3-8-5-11-6-13-8/h5-7,9-10,12H,1-4H2/t7-,9?/m0/s1. The van der Waals surface area contributed by atoms with Crippen LogP contribution in [0.4, 0.5) is 0 Å². The van der Waals surface area contributed by atoms with Crippen molar-refractivity contribution in [2.75, 3.05) is 13.1 Å². The van der Waals surface area contributed by atoms with Gasteiger partial charge in [-0.25, -0.2) is 0 Å². The van der Waals surface area contributed by atoms with Crippen molar-refractivity contribution in [2.24, 2.45) is 5.92 Å². The SMILES string of the molecule is OC(Cc1cncs1)[C@H]1CCNC1. The fourth-order valence-corrected chi connectivity index (χ4v) is 2.37. The summed E-state index contributed by atoms with van der Waals surface area (Å²) in [4.78, 5) is 5.17. The summed E-state index contributed by atoms with van der Waals surface area (Å²) in [5, 5.41) is 13.1. The molecule has 2 rings (SSSR count). The first kappa shape index (κ1) is 9.12. The van der Waals surface area contributed by atoms with Crippen LogP contribution in [0.3, 0.4) is 0 Å². The lowest BCUT2D eigenvalue weighted by Gasteiger charge is -2.15. The van der Waals surface area contributed by atoms with Gasteiger partial charge < -0.3 is 10.4 Å². The molecule has 0 bridgehead atoms. The zero-order chi connectivity index (χ0) is 9.10. The quantitative estimate of drug-likeness (QED) is 0.750. The molecule has 0 radical (unpaired) electrons. The summed E-state index contributed by atoms with van der Waals surface area (Å²) in [6, 6.07) is 0. The minimum atomic E-state index is -0.199. The normalized spacial score (nSPS) is 24.8. The van der Waals surface area contributed by atoms with Crippen LogP contribution in [0.5, 0.6) is 0 Å². The Kier molecular flexibility index (Phi) is 2.93. The molecule has 72 valence electrons. The molecule has 1 aliphatic rings. The summed E-state index contributed by atoms with van der Waals surface area (Å²) >= 11 is 1.62. The van der Waals surface area contributed by atoms with E-state index in [4.69, 9.17) is 0 Å². The lowest BCUT2D eigenvalue weighted by molar-refractivity contribution is 0.118. The summed E-state index contributed by atoms with van der Waals surface area (Å²) in [6.45, 7) is 2.00. The van der Waals surface area contributed by atoms with Crippen LogP contribution in [0.2, 0.25) is 0 Å². The summed E-state index contributed by atoms with van der Waals surface area (Å²) in [7, 11) is 0. The van der Waals surface area contributed by atoms with E-state index in [9.17, 15) is 5.11 Å². The molecule has 0 aromatic carbocycles. The molecule has 0 saturated carbocycles. The third-order valence-electron chi connectivity index (χ3n) is 2.54. The predicted molar refractivity (Wildman–Crippen MR) is 52.8 cm³/mol. The minimum Gasteiger partial charge on any atom is -0.392 e. The number of aliphatic hydroxyl groups excluding tert-OH is 1. The van der Waals surface area contributed by atoms with Gasteiger partial charge in [0.25, 0.3) is 0 Å². The molecule has 0 amide bonds. The highest BCUT2D eigenvalue weighted by Crippen LogP contribution is 2.18. The van der Waals surface area contributed by atoms with E-state index < -0.39 is 0 Å². The first-order valence-electron chi connectivity index (χ1n) is 4.62. The smallest absolute Gasteiger partial charge is 0.0794 e. The molecule has 1 aromatic heterocycles. The largest absolute Gasteiger partial charge is 0.392 e. The van der Waals surface area contributed by atoms with Crippen molar-refractivity contribution in [2.45, 2.75) is 18.9 Å². The van der Waals surface area contributed by atoms with E-state index in [0.29, 0.717) is 5.92 Å². The van der Waals surface area contributed by atoms with Crippen molar-refractivity contribution < 1.29 is 5.11 Å². The Balaban J connectivity index is 1.87. The van der Waals surface area contributed by atoms with Crippen molar-refractivity contribution in [1.29, 1.82) is 0 Å². The van der Waals surface area contributed by atoms with Crippen LogP contribution in [0.1, 0.15) is 11.3 Å². The fourth-order valence-electron chi connectivity index (χ4n) is 1.72. The van der Waals surface area contributed by atoms with E-state index >= 15 is 0 Å². The number of aliphatic hydroxyl groups is 1. The Bertz CT molecular complexity index is 244. The second-order valence-electron chi connectivity index (χ2n) is 3.49. The third kappa shape index (κ3) is 2.27. The lowest BCUT2D eigenvalue weighted by atomic mass is 9.99. The van der Waals surface area contributed by atoms with E-state index in [1.54, 1.807) is 11.3 Å². The molecule has 2 N–H and O–H groups in total. The Morgan fingerprint density at radius 3 is 3.31 bits per heavy atom. The number of nitrogens with zero attached hydrogens (tertiary/aromatic N) is 1. The van der Waals surface area contributed by atoms with Gasteiger partial charge >= 0.3 is 0 Å². The minimum absolute atomic E-state index is 0.199. The summed E-state index contributed by atoms with van der Waals surface area (Å²) in [6.07, 6.45) is 3.50. The summed E-state index contributed by atoms with van der Waals surface area (Å²) in [5.74, 6) is 0.432. The van der Waals surface area contributed by atoms with Crippen LogP contribution in [0.25, 0.3) is 0 Å². The molecular formula is C9H14N2OS. The highest BCUT2D eigenvalue weighted by Gasteiger charge is 2.23. The van der Waals surface area contributed by atoms with Gasteiger partial charge in [0.05, 0.1) is 11.6 Å². The number of aromatic nitrogens is 1. The monoisotopic (exact) mass is 198 g/mol. The predicted octanol–water partition coefficient (Wildman–Crippen LogP) is 0.656. The Hall–Kier alpha value is -0.450. The molecule has 1 aromatic rings. The molecular weight excluding hydrogens is 184 g/mol. The molecule has 3 nitrogen and oxygen atoms in total. The molecule has 1 aliphatic heterocycles. The van der Waals surface area contributed by atoms with Crippen LogP contribution in [-0.4, -0.2) is 29.3 Å². The van der Waals surface area contributed by atoms with Crippen LogP contribution >= 0.6 is 11.3 Å². The van der Waals surface area contributed by atoms with Crippen molar-refractivity contribution in [3.05, 3.63) is 16.6 Å². The van der Waals surface area contributed by atoms with E-state index in [-0.39, 0.29) is 6.10 Å². The van der Waals surface area contributed by atoms with E-state index in [1.165, 1.54) is 4.88 Å². The van der Waals surface area contributed by atoms with Gasteiger partial charge in [0.2, 0.25) is 0 Å². The van der Waals surface area contributed by atoms with Gasteiger partial charge in [-0.3, -0.25) is 4.98 Å². The van der Waals surface area contributed by atoms with Gasteiger partial charge in [0.1, 0.15) is 0 Å². The van der Waals surface area contributed by atoms with Crippen molar-refractivity contribution in [3.8, 4) is 0 Å². The number of hydrogen-bond donors (Lipinski definition) is 2. The average Bonchev–Trinajstić information content (AvgIpc) is 2.74. The van der Waals surface area contributed by atoms with Gasteiger partial charge in [-0.2, -0.15) is 0 Å². The Morgan fingerprint density at radius 2 is 2.69 bits per heavy atom. The second kappa shape index (κ2) is 4.17. The molecule has 13 heavy (non-hydrogen) atoms. The number of hydrogen-bond acceptors (Lipinski definition) is 4. The van der Waals surface area contributed by atoms with Crippen molar-refractivity contribution in [3.63, 3.8) is 0 Å². The molecule has 2 atom stereocenters. The van der Waals surface area contributed by atoms with Gasteiger partial charge in [0, 0.05) is 24.0 Å². The van der Waals surface area contributed by atoms with Crippen molar-refractivity contribution >= 4 is 11.3 Å². The Labute approximate surface area is 81.8 Å². The summed E-state index contributed by atoms with van der Waals surface area (Å²) in [5.41, 5.74) is 1.81. The maximum Gasteiger partial charge on any atom is 0.0794 e. The number of thiazole rings is 1. The van der Waals surface area contributed by atoms with Crippen LogP contribution in [0.15, 0.2) is 11.7 Å². The molecule has 1 saturated heterocycles. The van der Waals surface area contributed by atoms with Gasteiger partial charge in [-0.15, -0.1) is 11.3 Å². The number of rotatable bonds is 3. The Morgan fingerprint density at radius 1 is 1.77 bits per heavy atom. The topological polar surface area (TPSA) is 45.2 Å². The molecule has 1 unspecified atom stereocenters. The maximum atomic E-state index is 9.86. The first-order chi connectivity index (χ1) is 6.36.